The molecule has 0 radical (unpaired) electrons. The first-order valence-electron chi connectivity index (χ1n) is 14.5. The molecule has 1 saturated heterocycles. The van der Waals surface area contributed by atoms with Crippen LogP contribution in [-0.2, 0) is 11.8 Å². The Balaban J connectivity index is 1.84. The van der Waals surface area contributed by atoms with E-state index in [0.717, 1.165) is 12.5 Å². The standard InChI is InChI=1S/C32H57N3/c1-21(2)26-16-24(18-32(12,13)28-14-15-34(28)22(3)4)17-27(26)31(10,11)19-25-20-35(23(5)6)29(33-25)30(7,8)9/h17,20-24,26,28H,14-16,18-19H2,1-13H3. The molecule has 1 fully saturated rings. The predicted octanol–water partition coefficient (Wildman–Crippen LogP) is 8.45. The Morgan fingerprint density at radius 1 is 0.943 bits per heavy atom. The van der Waals surface area contributed by atoms with Crippen molar-refractivity contribution in [3.05, 3.63) is 29.4 Å². The fraction of sp³-hybridized carbons (Fsp3) is 0.844. The molecule has 0 bridgehead atoms. The molecule has 0 spiro atoms. The molecular formula is C32H57N3. The first-order chi connectivity index (χ1) is 15.9. The maximum absolute atomic E-state index is 5.20. The zero-order chi connectivity index (χ0) is 26.5. The molecule has 3 unspecified atom stereocenters. The van der Waals surface area contributed by atoms with Gasteiger partial charge in [-0.05, 0) is 75.5 Å². The first-order valence-corrected chi connectivity index (χ1v) is 14.5. The lowest BCUT2D eigenvalue weighted by molar-refractivity contribution is -0.0292. The lowest BCUT2D eigenvalue weighted by atomic mass is 9.70. The van der Waals surface area contributed by atoms with Gasteiger partial charge in [0, 0.05) is 42.7 Å². The highest BCUT2D eigenvalue weighted by Gasteiger charge is 2.44. The van der Waals surface area contributed by atoms with Crippen LogP contribution in [0, 0.1) is 28.6 Å². The van der Waals surface area contributed by atoms with E-state index in [-0.39, 0.29) is 10.8 Å². The van der Waals surface area contributed by atoms with E-state index in [1.54, 1.807) is 5.57 Å². The van der Waals surface area contributed by atoms with Crippen LogP contribution in [0.4, 0.5) is 0 Å². The number of likely N-dealkylation sites (tertiary alicyclic amines) is 1. The van der Waals surface area contributed by atoms with Crippen LogP contribution in [0.5, 0.6) is 0 Å². The molecule has 0 N–H and O–H groups in total. The zero-order valence-corrected chi connectivity index (χ0v) is 25.5. The van der Waals surface area contributed by atoms with Crippen molar-refractivity contribution >= 4 is 0 Å². The highest BCUT2D eigenvalue weighted by atomic mass is 15.2. The molecule has 1 aliphatic heterocycles. The van der Waals surface area contributed by atoms with E-state index in [2.05, 4.69) is 112 Å². The van der Waals surface area contributed by atoms with E-state index in [9.17, 15) is 0 Å². The van der Waals surface area contributed by atoms with Crippen molar-refractivity contribution in [1.29, 1.82) is 0 Å². The number of allylic oxidation sites excluding steroid dienone is 2. The summed E-state index contributed by atoms with van der Waals surface area (Å²) in [6.45, 7) is 32.3. The topological polar surface area (TPSA) is 21.1 Å². The fourth-order valence-electron chi connectivity index (χ4n) is 7.11. The predicted molar refractivity (Wildman–Crippen MR) is 152 cm³/mol. The Hall–Kier alpha value is -1.09. The Bertz CT molecular complexity index is 890. The van der Waals surface area contributed by atoms with E-state index in [4.69, 9.17) is 4.98 Å². The molecule has 3 atom stereocenters. The quantitative estimate of drug-likeness (QED) is 0.328. The maximum atomic E-state index is 5.20. The molecule has 35 heavy (non-hydrogen) atoms. The highest BCUT2D eigenvalue weighted by molar-refractivity contribution is 5.26. The second-order valence-corrected chi connectivity index (χ2v) is 15.2. The average Bonchev–Trinajstić information content (AvgIpc) is 3.23. The highest BCUT2D eigenvalue weighted by Crippen LogP contribution is 2.50. The molecule has 1 aliphatic carbocycles. The first kappa shape index (κ1) is 28.5. The van der Waals surface area contributed by atoms with Crippen LogP contribution in [0.25, 0.3) is 0 Å². The summed E-state index contributed by atoms with van der Waals surface area (Å²) in [4.78, 5) is 7.93. The van der Waals surface area contributed by atoms with Crippen LogP contribution in [0.3, 0.4) is 0 Å². The van der Waals surface area contributed by atoms with Gasteiger partial charge >= 0.3 is 0 Å². The summed E-state index contributed by atoms with van der Waals surface area (Å²) in [5.41, 5.74) is 3.49. The molecule has 1 aromatic rings. The number of nitrogens with zero attached hydrogens (tertiary/aromatic N) is 3. The second-order valence-electron chi connectivity index (χ2n) is 15.2. The largest absolute Gasteiger partial charge is 0.332 e. The number of aromatic nitrogens is 2. The Kier molecular flexibility index (Phi) is 8.13. The van der Waals surface area contributed by atoms with Crippen molar-refractivity contribution in [2.24, 2.45) is 28.6 Å². The summed E-state index contributed by atoms with van der Waals surface area (Å²) in [5.74, 6) is 3.28. The van der Waals surface area contributed by atoms with Gasteiger partial charge in [0.2, 0.25) is 0 Å². The van der Waals surface area contributed by atoms with Crippen LogP contribution in [0.15, 0.2) is 17.8 Å². The molecule has 0 saturated carbocycles. The minimum atomic E-state index is 0.0574. The Morgan fingerprint density at radius 2 is 1.57 bits per heavy atom. The fourth-order valence-corrected chi connectivity index (χ4v) is 7.11. The molecule has 3 nitrogen and oxygen atoms in total. The minimum Gasteiger partial charge on any atom is -0.332 e. The Morgan fingerprint density at radius 3 is 2.00 bits per heavy atom. The molecule has 3 heteroatoms. The average molecular weight is 484 g/mol. The van der Waals surface area contributed by atoms with Gasteiger partial charge in [-0.15, -0.1) is 0 Å². The van der Waals surface area contributed by atoms with E-state index in [1.165, 1.54) is 37.3 Å². The molecule has 0 aromatic carbocycles. The summed E-state index contributed by atoms with van der Waals surface area (Å²) in [5, 5.41) is 0. The maximum Gasteiger partial charge on any atom is 0.114 e. The molecule has 2 aliphatic rings. The van der Waals surface area contributed by atoms with Gasteiger partial charge in [-0.2, -0.15) is 0 Å². The van der Waals surface area contributed by atoms with Crippen LogP contribution in [0.1, 0.15) is 127 Å². The third-order valence-corrected chi connectivity index (χ3v) is 9.00. The summed E-state index contributed by atoms with van der Waals surface area (Å²) >= 11 is 0. The van der Waals surface area contributed by atoms with Crippen molar-refractivity contribution in [1.82, 2.24) is 14.5 Å². The summed E-state index contributed by atoms with van der Waals surface area (Å²) in [6, 6.07) is 1.83. The molecule has 2 heterocycles. The van der Waals surface area contributed by atoms with Crippen molar-refractivity contribution in [2.75, 3.05) is 6.54 Å². The normalized spacial score (nSPS) is 24.6. The van der Waals surface area contributed by atoms with Crippen molar-refractivity contribution in [3.63, 3.8) is 0 Å². The lowest BCUT2D eigenvalue weighted by Gasteiger charge is -2.52. The van der Waals surface area contributed by atoms with Gasteiger partial charge in [0.15, 0.2) is 0 Å². The van der Waals surface area contributed by atoms with Crippen molar-refractivity contribution in [2.45, 2.75) is 139 Å². The van der Waals surface area contributed by atoms with Gasteiger partial charge in [0.1, 0.15) is 5.82 Å². The van der Waals surface area contributed by atoms with E-state index >= 15 is 0 Å². The molecular weight excluding hydrogens is 426 g/mol. The smallest absolute Gasteiger partial charge is 0.114 e. The minimum absolute atomic E-state index is 0.0574. The zero-order valence-electron chi connectivity index (χ0n) is 25.5. The van der Waals surface area contributed by atoms with E-state index in [1.807, 2.05) is 0 Å². The van der Waals surface area contributed by atoms with Gasteiger partial charge in [-0.25, -0.2) is 4.98 Å². The number of hydrogen-bond acceptors (Lipinski definition) is 2. The van der Waals surface area contributed by atoms with Crippen LogP contribution in [-0.4, -0.2) is 33.1 Å². The summed E-state index contributed by atoms with van der Waals surface area (Å²) < 4.78 is 2.40. The summed E-state index contributed by atoms with van der Waals surface area (Å²) in [6.07, 6.45) is 10.1. The lowest BCUT2D eigenvalue weighted by Crippen LogP contribution is -2.58. The van der Waals surface area contributed by atoms with Crippen molar-refractivity contribution in [3.8, 4) is 0 Å². The van der Waals surface area contributed by atoms with Crippen LogP contribution < -0.4 is 0 Å². The summed E-state index contributed by atoms with van der Waals surface area (Å²) in [7, 11) is 0. The molecule has 3 rings (SSSR count). The third kappa shape index (κ3) is 6.08. The Labute approximate surface area is 218 Å². The number of imidazole rings is 1. The third-order valence-electron chi connectivity index (χ3n) is 9.00. The SMILES string of the molecule is CC(C)C1CC(CC(C)(C)C2CCN2C(C)C)C=C1C(C)(C)Cc1cn(C(C)C)c(C(C)(C)C)n1. The molecule has 0 amide bonds. The van der Waals surface area contributed by atoms with Gasteiger partial charge < -0.3 is 4.57 Å². The van der Waals surface area contributed by atoms with Crippen LogP contribution >= 0.6 is 0 Å². The van der Waals surface area contributed by atoms with E-state index < -0.39 is 0 Å². The van der Waals surface area contributed by atoms with E-state index in [0.29, 0.717) is 35.3 Å². The molecule has 1 aromatic heterocycles. The van der Waals surface area contributed by atoms with Gasteiger partial charge in [-0.3, -0.25) is 4.90 Å². The number of rotatable bonds is 9. The second kappa shape index (κ2) is 9.99. The van der Waals surface area contributed by atoms with Crippen molar-refractivity contribution < 1.29 is 0 Å². The van der Waals surface area contributed by atoms with Gasteiger partial charge in [0.25, 0.3) is 0 Å². The van der Waals surface area contributed by atoms with Crippen LogP contribution in [0.2, 0.25) is 0 Å². The van der Waals surface area contributed by atoms with Gasteiger partial charge in [-0.1, -0.05) is 74.0 Å². The van der Waals surface area contributed by atoms with Gasteiger partial charge in [0.05, 0.1) is 5.69 Å². The number of hydrogen-bond donors (Lipinski definition) is 0. The molecule has 200 valence electrons. The monoisotopic (exact) mass is 483 g/mol.